The third-order valence-corrected chi connectivity index (χ3v) is 8.93. The molecule has 2 atom stereocenters. The highest BCUT2D eigenvalue weighted by molar-refractivity contribution is 7.98. The molecule has 2 aromatic carbocycles. The first-order chi connectivity index (χ1) is 25.1. The first-order valence-corrected chi connectivity index (χ1v) is 17.5. The average molecular weight is 790 g/mol. The number of rotatable bonds is 13. The fourth-order valence-corrected chi connectivity index (χ4v) is 6.08. The van der Waals surface area contributed by atoms with Crippen LogP contribution in [0.3, 0.4) is 0 Å². The van der Waals surface area contributed by atoms with Gasteiger partial charge in [-0.2, -0.15) is 23.7 Å². The number of aromatic nitrogens is 2. The van der Waals surface area contributed by atoms with E-state index in [2.05, 4.69) is 27.8 Å². The fourth-order valence-electron chi connectivity index (χ4n) is 4.14. The number of pyridine rings is 1. The minimum Gasteiger partial charge on any atom is -0.490 e. The lowest BCUT2D eigenvalue weighted by molar-refractivity contribution is -0.192. The molecular formula is C34H31ClF3N7O6S2. The molecule has 0 saturated heterocycles. The van der Waals surface area contributed by atoms with E-state index in [1.54, 1.807) is 31.3 Å². The molecule has 0 bridgehead atoms. The van der Waals surface area contributed by atoms with Gasteiger partial charge in [-0.15, -0.1) is 11.3 Å². The molecule has 0 saturated carbocycles. The molecular weight excluding hydrogens is 759 g/mol. The van der Waals surface area contributed by atoms with Crippen LogP contribution in [0, 0.1) is 22.7 Å². The van der Waals surface area contributed by atoms with Gasteiger partial charge in [0, 0.05) is 34.3 Å². The normalized spacial score (nSPS) is 11.8. The number of carbonyl (C=O) groups excluding carboxylic acids is 2. The second-order valence-corrected chi connectivity index (χ2v) is 12.9. The number of benzene rings is 2. The smallest absolute Gasteiger partial charge is 0.490 e. The Bertz CT molecular complexity index is 2000. The first kappa shape index (κ1) is 42.0. The third-order valence-electron chi connectivity index (χ3n) is 6.73. The van der Waals surface area contributed by atoms with E-state index in [0.29, 0.717) is 38.5 Å². The number of anilines is 1. The monoisotopic (exact) mass is 789 g/mol. The lowest BCUT2D eigenvalue weighted by atomic mass is 9.96. The zero-order valence-corrected chi connectivity index (χ0v) is 30.5. The van der Waals surface area contributed by atoms with E-state index < -0.39 is 36.1 Å². The molecule has 0 unspecified atom stereocenters. The number of amides is 1. The predicted octanol–water partition coefficient (Wildman–Crippen LogP) is 6.01. The summed E-state index contributed by atoms with van der Waals surface area (Å²) in [6.45, 7) is 3.06. The van der Waals surface area contributed by atoms with Gasteiger partial charge >= 0.3 is 18.1 Å². The number of halogens is 4. The van der Waals surface area contributed by atoms with Crippen molar-refractivity contribution in [2.24, 2.45) is 5.73 Å². The Kier molecular flexibility index (Phi) is 15.4. The third kappa shape index (κ3) is 12.1. The van der Waals surface area contributed by atoms with Gasteiger partial charge in [0.25, 0.3) is 0 Å². The summed E-state index contributed by atoms with van der Waals surface area (Å²) in [5, 5.41) is 36.8. The van der Waals surface area contributed by atoms with Crippen LogP contribution < -0.4 is 21.1 Å². The van der Waals surface area contributed by atoms with E-state index in [0.717, 1.165) is 16.3 Å². The molecule has 53 heavy (non-hydrogen) atoms. The van der Waals surface area contributed by atoms with Crippen LogP contribution in [0.25, 0.3) is 21.7 Å². The topological polar surface area (TPSA) is 213 Å². The van der Waals surface area contributed by atoms with Crippen LogP contribution in [0.2, 0.25) is 5.02 Å². The lowest BCUT2D eigenvalue weighted by Gasteiger charge is -2.16. The molecule has 4 aromatic rings. The molecule has 0 aliphatic carbocycles. The predicted molar refractivity (Wildman–Crippen MR) is 192 cm³/mol. The zero-order chi connectivity index (χ0) is 39.3. The van der Waals surface area contributed by atoms with Gasteiger partial charge in [0.1, 0.15) is 58.6 Å². The highest BCUT2D eigenvalue weighted by Crippen LogP contribution is 2.38. The Morgan fingerprint density at radius 3 is 2.17 bits per heavy atom. The number of nitrogens with zero attached hydrogens (tertiary/aromatic N) is 4. The number of hydrogen-bond acceptors (Lipinski definition) is 13. The summed E-state index contributed by atoms with van der Waals surface area (Å²) in [5.41, 5.74) is 8.90. The largest absolute Gasteiger partial charge is 0.490 e. The number of carboxylic acid groups (broad SMARTS) is 1. The summed E-state index contributed by atoms with van der Waals surface area (Å²) in [5.74, 6) is -2.50. The molecule has 0 fully saturated rings. The average Bonchev–Trinajstić information content (AvgIpc) is 3.61. The minimum absolute atomic E-state index is 0.0349. The van der Waals surface area contributed by atoms with Crippen LogP contribution in [0.1, 0.15) is 30.7 Å². The van der Waals surface area contributed by atoms with Crippen molar-refractivity contribution in [3.63, 3.8) is 0 Å². The van der Waals surface area contributed by atoms with Crippen molar-refractivity contribution >= 4 is 58.4 Å². The molecule has 0 spiro atoms. The number of nitriles is 2. The number of aliphatic carboxylic acids is 1. The van der Waals surface area contributed by atoms with E-state index in [-0.39, 0.29) is 24.3 Å². The Hall–Kier alpha value is -5.40. The van der Waals surface area contributed by atoms with Gasteiger partial charge in [0.2, 0.25) is 5.91 Å². The van der Waals surface area contributed by atoms with E-state index in [1.165, 1.54) is 36.9 Å². The highest BCUT2D eigenvalue weighted by Gasteiger charge is 2.38. The van der Waals surface area contributed by atoms with E-state index in [1.807, 2.05) is 29.6 Å². The van der Waals surface area contributed by atoms with Gasteiger partial charge in [0.05, 0.1) is 17.3 Å². The Morgan fingerprint density at radius 1 is 1.02 bits per heavy atom. The van der Waals surface area contributed by atoms with Crippen molar-refractivity contribution in [3.8, 4) is 39.6 Å². The van der Waals surface area contributed by atoms with Gasteiger partial charge in [-0.3, -0.25) is 4.79 Å². The van der Waals surface area contributed by atoms with Crippen LogP contribution in [-0.2, 0) is 24.9 Å². The van der Waals surface area contributed by atoms with Crippen molar-refractivity contribution in [2.45, 2.75) is 42.9 Å². The summed E-state index contributed by atoms with van der Waals surface area (Å²) >= 11 is 8.89. The number of thiazole rings is 1. The number of nitrogens with one attached hydrogen (secondary N) is 2. The SMILES string of the molecule is CNc1nc(SCc2csc(-c3ccc(Cl)cc3)n2)c(C#N)c(-c2ccc(OCCOC(=O)[C@H](C)NC(=O)[C@H](C)N)cc2)c1C#N.O=C(O)C(F)(F)F. The highest BCUT2D eigenvalue weighted by atomic mass is 35.5. The number of esters is 1. The van der Waals surface area contributed by atoms with Crippen molar-refractivity contribution in [2.75, 3.05) is 25.6 Å². The van der Waals surface area contributed by atoms with Gasteiger partial charge in [-0.05, 0) is 43.7 Å². The van der Waals surface area contributed by atoms with Crippen molar-refractivity contribution < 1.29 is 42.1 Å². The van der Waals surface area contributed by atoms with Crippen LogP contribution in [0.5, 0.6) is 5.75 Å². The molecule has 0 aliphatic rings. The first-order valence-electron chi connectivity index (χ1n) is 15.2. The molecule has 0 aliphatic heterocycles. The van der Waals surface area contributed by atoms with Gasteiger partial charge in [0.15, 0.2) is 0 Å². The van der Waals surface area contributed by atoms with E-state index in [4.69, 9.17) is 41.7 Å². The molecule has 0 radical (unpaired) electrons. The van der Waals surface area contributed by atoms with Crippen molar-refractivity contribution in [3.05, 3.63) is 75.8 Å². The maximum absolute atomic E-state index is 12.1. The fraction of sp³-hybridized carbons (Fsp3) is 0.265. The Morgan fingerprint density at radius 2 is 1.62 bits per heavy atom. The molecule has 2 heterocycles. The number of thioether (sulfide) groups is 1. The second kappa shape index (κ2) is 19.4. The second-order valence-electron chi connectivity index (χ2n) is 10.7. The molecule has 278 valence electrons. The number of hydrogen-bond donors (Lipinski definition) is 4. The molecule has 5 N–H and O–H groups in total. The number of carboxylic acids is 1. The maximum atomic E-state index is 12.1. The maximum Gasteiger partial charge on any atom is 0.490 e. The lowest BCUT2D eigenvalue weighted by Crippen LogP contribution is -2.46. The van der Waals surface area contributed by atoms with E-state index in [9.17, 15) is 33.3 Å². The van der Waals surface area contributed by atoms with Crippen molar-refractivity contribution in [1.29, 1.82) is 10.5 Å². The zero-order valence-electron chi connectivity index (χ0n) is 28.2. The minimum atomic E-state index is -5.08. The summed E-state index contributed by atoms with van der Waals surface area (Å²) in [7, 11) is 1.67. The Labute approximate surface area is 314 Å². The van der Waals surface area contributed by atoms with Gasteiger partial charge in [-0.25, -0.2) is 19.6 Å². The molecule has 13 nitrogen and oxygen atoms in total. The number of nitrogens with two attached hydrogens (primary N) is 1. The van der Waals surface area contributed by atoms with Crippen LogP contribution in [0.15, 0.2) is 58.9 Å². The summed E-state index contributed by atoms with van der Waals surface area (Å²) in [6.07, 6.45) is -5.08. The van der Waals surface area contributed by atoms with Crippen LogP contribution in [-0.4, -0.2) is 71.4 Å². The summed E-state index contributed by atoms with van der Waals surface area (Å²) in [6, 6.07) is 17.2. The van der Waals surface area contributed by atoms with Gasteiger partial charge in [-0.1, -0.05) is 47.6 Å². The standard InChI is InChI=1S/C32H30ClN7O4S2.C2HF3O2/c1-18(36)29(41)38-19(2)32(42)44-13-12-43-24-10-6-20(7-11-24)27-25(14-34)28(37-3)40-31(26(27)15-35)46-17-23-16-45-30(39-23)21-4-8-22(33)9-5-21;3-2(4,5)1(6)7/h4-11,16,18-19H,12-13,17,36H2,1-3H3,(H,37,40)(H,38,41);(H,6,7)/t18-,19-;/m0./s1. The summed E-state index contributed by atoms with van der Waals surface area (Å²) < 4.78 is 42.6. The van der Waals surface area contributed by atoms with Crippen LogP contribution in [0.4, 0.5) is 19.0 Å². The number of alkyl halides is 3. The molecule has 2 aromatic heterocycles. The number of carbonyl (C=O) groups is 3. The van der Waals surface area contributed by atoms with E-state index >= 15 is 0 Å². The van der Waals surface area contributed by atoms with Crippen LogP contribution >= 0.6 is 34.7 Å². The molecule has 19 heteroatoms. The summed E-state index contributed by atoms with van der Waals surface area (Å²) in [4.78, 5) is 42.0. The van der Waals surface area contributed by atoms with Gasteiger partial charge < -0.3 is 30.9 Å². The molecule has 1 amide bonds. The Balaban J connectivity index is 0.000000980. The quantitative estimate of drug-likeness (QED) is 0.0695. The number of ether oxygens (including phenoxy) is 2. The molecule has 4 rings (SSSR count). The van der Waals surface area contributed by atoms with Crippen molar-refractivity contribution in [1.82, 2.24) is 15.3 Å².